The summed E-state index contributed by atoms with van der Waals surface area (Å²) in [7, 11) is 0. The number of hydrogen-bond acceptors (Lipinski definition) is 4. The van der Waals surface area contributed by atoms with E-state index in [0.717, 1.165) is 11.8 Å². The molecule has 0 aliphatic heterocycles. The maximum atomic E-state index is 12.2. The molecule has 0 unspecified atom stereocenters. The SMILES string of the molecule is O=c1[nH]c(SCCC(F)(F)F)nc2c1cnn2-c1ccccc1. The van der Waals surface area contributed by atoms with Gasteiger partial charge in [0, 0.05) is 5.75 Å². The van der Waals surface area contributed by atoms with E-state index in [9.17, 15) is 18.0 Å². The zero-order chi connectivity index (χ0) is 16.4. The van der Waals surface area contributed by atoms with Crippen molar-refractivity contribution in [2.45, 2.75) is 17.8 Å². The number of nitrogens with zero attached hydrogens (tertiary/aromatic N) is 3. The summed E-state index contributed by atoms with van der Waals surface area (Å²) >= 11 is 0.856. The molecule has 1 N–H and O–H groups in total. The van der Waals surface area contributed by atoms with Gasteiger partial charge in [-0.3, -0.25) is 4.79 Å². The Labute approximate surface area is 132 Å². The van der Waals surface area contributed by atoms with Crippen LogP contribution in [0.4, 0.5) is 13.2 Å². The zero-order valence-corrected chi connectivity index (χ0v) is 12.5. The summed E-state index contributed by atoms with van der Waals surface area (Å²) in [6.07, 6.45) is -3.79. The Morgan fingerprint density at radius 2 is 1.96 bits per heavy atom. The maximum absolute atomic E-state index is 12.2. The van der Waals surface area contributed by atoms with Gasteiger partial charge in [-0.05, 0) is 12.1 Å². The maximum Gasteiger partial charge on any atom is 0.389 e. The molecule has 23 heavy (non-hydrogen) atoms. The number of thioether (sulfide) groups is 1. The van der Waals surface area contributed by atoms with Crippen LogP contribution in [-0.4, -0.2) is 31.7 Å². The summed E-state index contributed by atoms with van der Waals surface area (Å²) in [5.74, 6) is -0.211. The third kappa shape index (κ3) is 3.55. The number of H-pyrrole nitrogens is 1. The van der Waals surface area contributed by atoms with Gasteiger partial charge in [0.1, 0.15) is 5.39 Å². The van der Waals surface area contributed by atoms with E-state index in [1.54, 1.807) is 12.1 Å². The number of hydrogen-bond donors (Lipinski definition) is 1. The standard InChI is InChI=1S/C14H11F3N4OS/c15-14(16,17)6-7-23-13-19-11-10(12(22)20-13)8-18-21(11)9-4-2-1-3-5-9/h1-5,8H,6-7H2,(H,19,20,22). The predicted octanol–water partition coefficient (Wildman–Crippen LogP) is 3.15. The van der Waals surface area contributed by atoms with Crippen molar-refractivity contribution in [2.24, 2.45) is 0 Å². The zero-order valence-electron chi connectivity index (χ0n) is 11.7. The number of aromatic amines is 1. The smallest absolute Gasteiger partial charge is 0.301 e. The second-order valence-electron chi connectivity index (χ2n) is 4.71. The summed E-state index contributed by atoms with van der Waals surface area (Å²) < 4.78 is 38.1. The van der Waals surface area contributed by atoms with Gasteiger partial charge in [-0.15, -0.1) is 0 Å². The summed E-state index contributed by atoms with van der Waals surface area (Å²) in [6, 6.07) is 9.06. The Morgan fingerprint density at radius 1 is 1.22 bits per heavy atom. The monoisotopic (exact) mass is 340 g/mol. The van der Waals surface area contributed by atoms with Gasteiger partial charge in [0.2, 0.25) is 0 Å². The van der Waals surface area contributed by atoms with Crippen LogP contribution in [0, 0.1) is 0 Å². The normalized spacial score (nSPS) is 12.0. The Bertz CT molecular complexity index is 873. The highest BCUT2D eigenvalue weighted by atomic mass is 32.2. The van der Waals surface area contributed by atoms with E-state index in [1.807, 2.05) is 18.2 Å². The number of aromatic nitrogens is 4. The second-order valence-corrected chi connectivity index (χ2v) is 5.80. The molecule has 120 valence electrons. The van der Waals surface area contributed by atoms with Gasteiger partial charge in [0.15, 0.2) is 10.8 Å². The molecule has 0 aliphatic carbocycles. The number of alkyl halides is 3. The average Bonchev–Trinajstić information content (AvgIpc) is 2.91. The van der Waals surface area contributed by atoms with E-state index in [4.69, 9.17) is 0 Å². The third-order valence-electron chi connectivity index (χ3n) is 3.04. The van der Waals surface area contributed by atoms with E-state index in [2.05, 4.69) is 15.1 Å². The number of para-hydroxylation sites is 1. The van der Waals surface area contributed by atoms with Crippen LogP contribution in [0.1, 0.15) is 6.42 Å². The van der Waals surface area contributed by atoms with Crippen LogP contribution in [0.3, 0.4) is 0 Å². The number of halogens is 3. The topological polar surface area (TPSA) is 63.6 Å². The molecule has 0 spiro atoms. The lowest BCUT2D eigenvalue weighted by Crippen LogP contribution is -2.11. The van der Waals surface area contributed by atoms with Crippen LogP contribution in [0.15, 0.2) is 46.5 Å². The van der Waals surface area contributed by atoms with Crippen molar-refractivity contribution in [3.05, 3.63) is 46.9 Å². The first-order valence-electron chi connectivity index (χ1n) is 6.67. The molecule has 0 fully saturated rings. The second kappa shape index (κ2) is 6.07. The van der Waals surface area contributed by atoms with Gasteiger partial charge in [0.25, 0.3) is 5.56 Å². The Hall–Kier alpha value is -2.29. The molecule has 3 rings (SSSR count). The minimum absolute atomic E-state index is 0.143. The van der Waals surface area contributed by atoms with Gasteiger partial charge in [0.05, 0.1) is 18.3 Å². The first-order valence-corrected chi connectivity index (χ1v) is 7.66. The highest BCUT2D eigenvalue weighted by Gasteiger charge is 2.26. The summed E-state index contributed by atoms with van der Waals surface area (Å²) in [4.78, 5) is 18.7. The Balaban J connectivity index is 1.95. The number of nitrogens with one attached hydrogen (secondary N) is 1. The molecule has 0 aliphatic rings. The van der Waals surface area contributed by atoms with Crippen LogP contribution in [0.25, 0.3) is 16.7 Å². The van der Waals surface area contributed by atoms with Crippen LogP contribution < -0.4 is 5.56 Å². The molecule has 0 bridgehead atoms. The summed E-state index contributed by atoms with van der Waals surface area (Å²) in [5.41, 5.74) is 0.605. The molecule has 9 heteroatoms. The predicted molar refractivity (Wildman–Crippen MR) is 80.9 cm³/mol. The van der Waals surface area contributed by atoms with Crippen molar-refractivity contribution >= 4 is 22.8 Å². The quantitative estimate of drug-likeness (QED) is 0.585. The first-order chi connectivity index (χ1) is 10.9. The van der Waals surface area contributed by atoms with Gasteiger partial charge in [-0.1, -0.05) is 30.0 Å². The van der Waals surface area contributed by atoms with Crippen LogP contribution in [-0.2, 0) is 0 Å². The lowest BCUT2D eigenvalue weighted by Gasteiger charge is -2.06. The van der Waals surface area contributed by atoms with Crippen LogP contribution in [0.5, 0.6) is 0 Å². The molecule has 0 atom stereocenters. The molecule has 0 amide bonds. The van der Waals surface area contributed by atoms with Gasteiger partial charge >= 0.3 is 6.18 Å². The van der Waals surface area contributed by atoms with Crippen molar-refractivity contribution in [1.82, 2.24) is 19.7 Å². The highest BCUT2D eigenvalue weighted by Crippen LogP contribution is 2.24. The van der Waals surface area contributed by atoms with Crippen molar-refractivity contribution in [2.75, 3.05) is 5.75 Å². The highest BCUT2D eigenvalue weighted by molar-refractivity contribution is 7.99. The molecular weight excluding hydrogens is 329 g/mol. The van der Waals surface area contributed by atoms with Crippen LogP contribution >= 0.6 is 11.8 Å². The third-order valence-corrected chi connectivity index (χ3v) is 3.92. The van der Waals surface area contributed by atoms with E-state index in [1.165, 1.54) is 10.9 Å². The molecule has 5 nitrogen and oxygen atoms in total. The van der Waals surface area contributed by atoms with E-state index < -0.39 is 18.2 Å². The molecule has 1 aromatic carbocycles. The Morgan fingerprint density at radius 3 is 2.65 bits per heavy atom. The van der Waals surface area contributed by atoms with E-state index in [0.29, 0.717) is 11.3 Å². The summed E-state index contributed by atoms with van der Waals surface area (Å²) in [5, 5.41) is 4.56. The van der Waals surface area contributed by atoms with Crippen molar-refractivity contribution < 1.29 is 13.2 Å². The largest absolute Gasteiger partial charge is 0.389 e. The molecular formula is C14H11F3N4OS. The minimum atomic E-state index is -4.23. The first kappa shape index (κ1) is 15.6. The minimum Gasteiger partial charge on any atom is -0.301 e. The fourth-order valence-corrected chi connectivity index (χ4v) is 2.83. The molecule has 0 radical (unpaired) electrons. The molecule has 3 aromatic rings. The van der Waals surface area contributed by atoms with Gasteiger partial charge < -0.3 is 4.98 Å². The van der Waals surface area contributed by atoms with Crippen molar-refractivity contribution in [3.63, 3.8) is 0 Å². The van der Waals surface area contributed by atoms with E-state index in [-0.39, 0.29) is 16.3 Å². The molecule has 0 saturated carbocycles. The molecule has 2 aromatic heterocycles. The van der Waals surface area contributed by atoms with E-state index >= 15 is 0 Å². The van der Waals surface area contributed by atoms with Gasteiger partial charge in [-0.25, -0.2) is 9.67 Å². The lowest BCUT2D eigenvalue weighted by molar-refractivity contribution is -0.129. The van der Waals surface area contributed by atoms with Crippen LogP contribution in [0.2, 0.25) is 0 Å². The average molecular weight is 340 g/mol. The van der Waals surface area contributed by atoms with Gasteiger partial charge in [-0.2, -0.15) is 18.3 Å². The molecule has 2 heterocycles. The number of benzene rings is 1. The fourth-order valence-electron chi connectivity index (χ4n) is 1.99. The molecule has 0 saturated heterocycles. The number of rotatable bonds is 4. The van der Waals surface area contributed by atoms with Crippen molar-refractivity contribution in [1.29, 1.82) is 0 Å². The Kier molecular flexibility index (Phi) is 4.12. The number of fused-ring (bicyclic) bond motifs is 1. The lowest BCUT2D eigenvalue weighted by atomic mass is 10.3. The van der Waals surface area contributed by atoms with Crippen molar-refractivity contribution in [3.8, 4) is 5.69 Å². The fraction of sp³-hybridized carbons (Fsp3) is 0.214. The summed E-state index contributed by atoms with van der Waals surface area (Å²) in [6.45, 7) is 0.